The molecule has 0 saturated carbocycles. The van der Waals surface area contributed by atoms with Crippen molar-refractivity contribution in [3.8, 4) is 11.3 Å². The molecule has 3 rings (SSSR count). The predicted molar refractivity (Wildman–Crippen MR) is 90.4 cm³/mol. The van der Waals surface area contributed by atoms with Crippen LogP contribution in [0.3, 0.4) is 0 Å². The Balaban J connectivity index is 1.56. The smallest absolute Gasteiger partial charge is 0.407 e. The first kappa shape index (κ1) is 16.5. The summed E-state index contributed by atoms with van der Waals surface area (Å²) in [7, 11) is 0. The summed E-state index contributed by atoms with van der Waals surface area (Å²) in [6.07, 6.45) is 5.24. The summed E-state index contributed by atoms with van der Waals surface area (Å²) in [6, 6.07) is 7.99. The molecule has 6 nitrogen and oxygen atoms in total. The fourth-order valence-electron chi connectivity index (χ4n) is 3.00. The highest BCUT2D eigenvalue weighted by atomic mass is 16.5. The van der Waals surface area contributed by atoms with Crippen molar-refractivity contribution in [2.24, 2.45) is 0 Å². The summed E-state index contributed by atoms with van der Waals surface area (Å²) in [4.78, 5) is 18.0. The maximum Gasteiger partial charge on any atom is 0.407 e. The second-order valence-corrected chi connectivity index (χ2v) is 5.95. The second kappa shape index (κ2) is 7.97. The molecule has 0 unspecified atom stereocenters. The Hall–Kier alpha value is -2.34. The summed E-state index contributed by atoms with van der Waals surface area (Å²) in [6.45, 7) is 4.75. The maximum absolute atomic E-state index is 11.6. The number of furan rings is 1. The van der Waals surface area contributed by atoms with Crippen molar-refractivity contribution in [3.05, 3.63) is 42.4 Å². The lowest BCUT2D eigenvalue weighted by Gasteiger charge is -2.32. The molecule has 128 valence electrons. The zero-order valence-corrected chi connectivity index (χ0v) is 13.9. The largest absolute Gasteiger partial charge is 0.460 e. The third kappa shape index (κ3) is 4.35. The number of carbonyl (C=O) groups is 1. The van der Waals surface area contributed by atoms with Crippen molar-refractivity contribution in [2.45, 2.75) is 32.4 Å². The van der Waals surface area contributed by atoms with Crippen LogP contribution in [0.1, 0.15) is 25.5 Å². The Bertz CT molecular complexity index is 657. The molecule has 1 atom stereocenters. The van der Waals surface area contributed by atoms with E-state index in [9.17, 15) is 4.79 Å². The lowest BCUT2D eigenvalue weighted by atomic mass is 10.1. The highest BCUT2D eigenvalue weighted by Crippen LogP contribution is 2.22. The molecule has 1 aliphatic rings. The quantitative estimate of drug-likeness (QED) is 0.913. The monoisotopic (exact) mass is 329 g/mol. The van der Waals surface area contributed by atoms with Crippen molar-refractivity contribution in [3.63, 3.8) is 0 Å². The molecule has 1 aliphatic heterocycles. The van der Waals surface area contributed by atoms with Crippen LogP contribution in [0.25, 0.3) is 11.3 Å². The highest BCUT2D eigenvalue weighted by molar-refractivity contribution is 5.67. The van der Waals surface area contributed by atoms with E-state index in [1.165, 1.54) is 0 Å². The number of carbonyl (C=O) groups excluding carboxylic acids is 1. The average molecular weight is 329 g/mol. The van der Waals surface area contributed by atoms with Crippen LogP contribution in [-0.4, -0.2) is 41.7 Å². The lowest BCUT2D eigenvalue weighted by molar-refractivity contribution is 0.130. The van der Waals surface area contributed by atoms with E-state index >= 15 is 0 Å². The minimum atomic E-state index is -0.332. The highest BCUT2D eigenvalue weighted by Gasteiger charge is 2.22. The molecular weight excluding hydrogens is 306 g/mol. The molecule has 3 heterocycles. The zero-order chi connectivity index (χ0) is 16.8. The van der Waals surface area contributed by atoms with Gasteiger partial charge in [0.15, 0.2) is 0 Å². The standard InChI is InChI=1S/C18H23N3O3/c1-2-23-18(22)20-15-6-4-10-21(12-15)13-16-7-8-17(24-16)14-5-3-9-19-11-14/h3,5,7-9,11,15H,2,4,6,10,12-13H2,1H3,(H,20,22)/t15-/m1/s1. The maximum atomic E-state index is 11.6. The Morgan fingerprint density at radius 1 is 1.46 bits per heavy atom. The van der Waals surface area contributed by atoms with Gasteiger partial charge in [0.1, 0.15) is 11.5 Å². The van der Waals surface area contributed by atoms with E-state index in [0.29, 0.717) is 6.61 Å². The Morgan fingerprint density at radius 3 is 3.17 bits per heavy atom. The van der Waals surface area contributed by atoms with Crippen molar-refractivity contribution >= 4 is 6.09 Å². The fourth-order valence-corrected chi connectivity index (χ4v) is 3.00. The van der Waals surface area contributed by atoms with E-state index in [-0.39, 0.29) is 12.1 Å². The third-order valence-electron chi connectivity index (χ3n) is 4.09. The van der Waals surface area contributed by atoms with Gasteiger partial charge in [0, 0.05) is 30.5 Å². The molecule has 1 fully saturated rings. The first-order valence-electron chi connectivity index (χ1n) is 8.39. The molecule has 0 spiro atoms. The zero-order valence-electron chi connectivity index (χ0n) is 13.9. The van der Waals surface area contributed by atoms with Gasteiger partial charge in [-0.3, -0.25) is 9.88 Å². The van der Waals surface area contributed by atoms with Crippen molar-refractivity contribution in [1.82, 2.24) is 15.2 Å². The summed E-state index contributed by atoms with van der Waals surface area (Å²) in [5.74, 6) is 1.75. The number of hydrogen-bond donors (Lipinski definition) is 1. The number of rotatable bonds is 5. The van der Waals surface area contributed by atoms with Crippen molar-refractivity contribution in [1.29, 1.82) is 0 Å². The summed E-state index contributed by atoms with van der Waals surface area (Å²) < 4.78 is 10.9. The van der Waals surface area contributed by atoms with Gasteiger partial charge in [-0.05, 0) is 50.6 Å². The summed E-state index contributed by atoms with van der Waals surface area (Å²) in [5, 5.41) is 2.92. The van der Waals surface area contributed by atoms with Crippen LogP contribution < -0.4 is 5.32 Å². The van der Waals surface area contributed by atoms with Gasteiger partial charge in [-0.1, -0.05) is 0 Å². The van der Waals surface area contributed by atoms with Crippen LogP contribution in [0.15, 0.2) is 41.1 Å². The Kier molecular flexibility index (Phi) is 5.48. The van der Waals surface area contributed by atoms with E-state index in [4.69, 9.17) is 9.15 Å². The predicted octanol–water partition coefficient (Wildman–Crippen LogP) is 3.05. The van der Waals surface area contributed by atoms with Gasteiger partial charge in [0.05, 0.1) is 13.2 Å². The van der Waals surface area contributed by atoms with Gasteiger partial charge in [-0.15, -0.1) is 0 Å². The molecule has 24 heavy (non-hydrogen) atoms. The van der Waals surface area contributed by atoms with Gasteiger partial charge in [0.2, 0.25) is 0 Å². The van der Waals surface area contributed by atoms with E-state index in [2.05, 4.69) is 15.2 Å². The van der Waals surface area contributed by atoms with Gasteiger partial charge < -0.3 is 14.5 Å². The number of likely N-dealkylation sites (tertiary alicyclic amines) is 1. The van der Waals surface area contributed by atoms with Gasteiger partial charge in [-0.25, -0.2) is 4.79 Å². The van der Waals surface area contributed by atoms with Gasteiger partial charge in [-0.2, -0.15) is 0 Å². The van der Waals surface area contributed by atoms with Crippen LogP contribution in [0.2, 0.25) is 0 Å². The van der Waals surface area contributed by atoms with E-state index in [1.54, 1.807) is 12.4 Å². The third-order valence-corrected chi connectivity index (χ3v) is 4.09. The van der Waals surface area contributed by atoms with Crippen molar-refractivity contribution < 1.29 is 13.9 Å². The molecule has 0 aliphatic carbocycles. The number of aromatic nitrogens is 1. The number of amides is 1. The van der Waals surface area contributed by atoms with E-state index in [1.807, 2.05) is 31.2 Å². The summed E-state index contributed by atoms with van der Waals surface area (Å²) in [5.41, 5.74) is 0.976. The molecule has 1 saturated heterocycles. The van der Waals surface area contributed by atoms with Gasteiger partial charge >= 0.3 is 6.09 Å². The summed E-state index contributed by atoms with van der Waals surface area (Å²) >= 11 is 0. The SMILES string of the molecule is CCOC(=O)N[C@@H]1CCCN(Cc2ccc(-c3cccnc3)o2)C1. The first-order valence-corrected chi connectivity index (χ1v) is 8.39. The van der Waals surface area contributed by atoms with E-state index in [0.717, 1.165) is 49.6 Å². The first-order chi connectivity index (χ1) is 11.7. The topological polar surface area (TPSA) is 67.6 Å². The average Bonchev–Trinajstić information content (AvgIpc) is 3.05. The number of piperidine rings is 1. The molecule has 0 radical (unpaired) electrons. The normalized spacial score (nSPS) is 18.3. The number of nitrogens with one attached hydrogen (secondary N) is 1. The molecule has 1 N–H and O–H groups in total. The van der Waals surface area contributed by atoms with E-state index < -0.39 is 0 Å². The Morgan fingerprint density at radius 2 is 2.38 bits per heavy atom. The minimum Gasteiger partial charge on any atom is -0.460 e. The second-order valence-electron chi connectivity index (χ2n) is 5.95. The van der Waals surface area contributed by atoms with Crippen LogP contribution in [0.4, 0.5) is 4.79 Å². The fraction of sp³-hybridized carbons (Fsp3) is 0.444. The molecule has 2 aromatic rings. The molecule has 2 aromatic heterocycles. The Labute approximate surface area is 141 Å². The molecule has 0 aromatic carbocycles. The molecule has 0 bridgehead atoms. The van der Waals surface area contributed by atoms with Crippen LogP contribution >= 0.6 is 0 Å². The number of ether oxygens (including phenoxy) is 1. The van der Waals surface area contributed by atoms with Crippen LogP contribution in [0, 0.1) is 0 Å². The number of nitrogens with zero attached hydrogens (tertiary/aromatic N) is 2. The van der Waals surface area contributed by atoms with Crippen molar-refractivity contribution in [2.75, 3.05) is 19.7 Å². The molecular formula is C18H23N3O3. The molecule has 1 amide bonds. The van der Waals surface area contributed by atoms with Crippen LogP contribution in [0.5, 0.6) is 0 Å². The van der Waals surface area contributed by atoms with Crippen LogP contribution in [-0.2, 0) is 11.3 Å². The molecule has 6 heteroatoms. The number of alkyl carbamates (subject to hydrolysis) is 1. The number of hydrogen-bond acceptors (Lipinski definition) is 5. The minimum absolute atomic E-state index is 0.130. The number of pyridine rings is 1. The van der Waals surface area contributed by atoms with Gasteiger partial charge in [0.25, 0.3) is 0 Å². The lowest BCUT2D eigenvalue weighted by Crippen LogP contribution is -2.47.